The summed E-state index contributed by atoms with van der Waals surface area (Å²) in [7, 11) is 1.77. The van der Waals surface area contributed by atoms with E-state index in [9.17, 15) is 9.59 Å². The van der Waals surface area contributed by atoms with Gasteiger partial charge in [-0.1, -0.05) is 20.8 Å². The Labute approximate surface area is 167 Å². The highest BCUT2D eigenvalue weighted by atomic mass is 16.5. The molecule has 0 aliphatic carbocycles. The van der Waals surface area contributed by atoms with Crippen LogP contribution in [0.4, 0.5) is 5.69 Å². The molecule has 150 valence electrons. The molecular formula is C23H29NO4. The summed E-state index contributed by atoms with van der Waals surface area (Å²) in [6.07, 6.45) is 0. The van der Waals surface area contributed by atoms with Crippen molar-refractivity contribution in [2.24, 2.45) is 5.41 Å². The second kappa shape index (κ2) is 8.91. The monoisotopic (exact) mass is 383 g/mol. The van der Waals surface area contributed by atoms with Gasteiger partial charge in [0.2, 0.25) is 5.91 Å². The first-order chi connectivity index (χ1) is 13.1. The number of benzene rings is 2. The van der Waals surface area contributed by atoms with Crippen LogP contribution in [0.3, 0.4) is 0 Å². The van der Waals surface area contributed by atoms with Crippen LogP contribution in [0.1, 0.15) is 50.5 Å². The zero-order valence-corrected chi connectivity index (χ0v) is 17.5. The van der Waals surface area contributed by atoms with E-state index in [-0.39, 0.29) is 18.3 Å². The van der Waals surface area contributed by atoms with Crippen LogP contribution in [0.2, 0.25) is 0 Å². The van der Waals surface area contributed by atoms with Gasteiger partial charge in [-0.25, -0.2) is 0 Å². The summed E-state index contributed by atoms with van der Waals surface area (Å²) in [5.41, 5.74) is 1.81. The van der Waals surface area contributed by atoms with E-state index in [4.69, 9.17) is 9.47 Å². The Hall–Kier alpha value is -2.82. The molecule has 0 radical (unpaired) electrons. The molecule has 5 nitrogen and oxygen atoms in total. The third-order valence-electron chi connectivity index (χ3n) is 4.33. The van der Waals surface area contributed by atoms with E-state index in [0.717, 1.165) is 11.3 Å². The molecule has 0 heterocycles. The molecule has 1 amide bonds. The molecule has 2 aromatic carbocycles. The Morgan fingerprint density at radius 3 is 2.18 bits per heavy atom. The number of nitrogens with zero attached hydrogens (tertiary/aromatic N) is 1. The van der Waals surface area contributed by atoms with Crippen LogP contribution >= 0.6 is 0 Å². The summed E-state index contributed by atoms with van der Waals surface area (Å²) in [5.74, 6) is 1.43. The van der Waals surface area contributed by atoms with Gasteiger partial charge in [-0.05, 0) is 56.3 Å². The smallest absolute Gasteiger partial charge is 0.232 e. The highest BCUT2D eigenvalue weighted by Gasteiger charge is 2.25. The second-order valence-corrected chi connectivity index (χ2v) is 7.71. The van der Waals surface area contributed by atoms with E-state index in [1.165, 1.54) is 6.92 Å². The lowest BCUT2D eigenvalue weighted by Crippen LogP contribution is -2.36. The highest BCUT2D eigenvalue weighted by molar-refractivity contribution is 5.96. The lowest BCUT2D eigenvalue weighted by molar-refractivity contribution is -0.125. The Bertz CT molecular complexity index is 835. The fourth-order valence-corrected chi connectivity index (χ4v) is 2.75. The van der Waals surface area contributed by atoms with Gasteiger partial charge in [0, 0.05) is 29.3 Å². The molecule has 0 aliphatic rings. The third-order valence-corrected chi connectivity index (χ3v) is 4.33. The molecule has 0 saturated heterocycles. The molecule has 28 heavy (non-hydrogen) atoms. The Balaban J connectivity index is 2.12. The van der Waals surface area contributed by atoms with E-state index in [0.29, 0.717) is 23.7 Å². The minimum Gasteiger partial charge on any atom is -0.493 e. The van der Waals surface area contributed by atoms with Gasteiger partial charge in [0.15, 0.2) is 5.78 Å². The number of ether oxygens (including phenoxy) is 2. The van der Waals surface area contributed by atoms with Gasteiger partial charge in [0.25, 0.3) is 0 Å². The van der Waals surface area contributed by atoms with Crippen LogP contribution in [-0.2, 0) is 11.4 Å². The van der Waals surface area contributed by atoms with Crippen molar-refractivity contribution in [1.82, 2.24) is 0 Å². The zero-order valence-electron chi connectivity index (χ0n) is 17.5. The summed E-state index contributed by atoms with van der Waals surface area (Å²) >= 11 is 0. The average molecular weight is 383 g/mol. The van der Waals surface area contributed by atoms with Crippen molar-refractivity contribution >= 4 is 17.4 Å². The predicted molar refractivity (Wildman–Crippen MR) is 111 cm³/mol. The van der Waals surface area contributed by atoms with Crippen molar-refractivity contribution in [3.8, 4) is 11.5 Å². The fourth-order valence-electron chi connectivity index (χ4n) is 2.75. The Kier molecular flexibility index (Phi) is 6.84. The molecule has 0 spiro atoms. The van der Waals surface area contributed by atoms with Crippen LogP contribution in [0.5, 0.6) is 11.5 Å². The van der Waals surface area contributed by atoms with Gasteiger partial charge in [-0.2, -0.15) is 0 Å². The van der Waals surface area contributed by atoms with E-state index < -0.39 is 5.41 Å². The summed E-state index contributed by atoms with van der Waals surface area (Å²) in [4.78, 5) is 25.7. The standard InChI is InChI=1S/C23H29NO4/c1-7-27-21-13-8-17(16(2)25)14-18(21)15-28-20-11-9-19(10-12-20)24(6)22(26)23(3,4)5/h8-14H,7,15H2,1-6H3. The number of rotatable bonds is 7. The molecular weight excluding hydrogens is 354 g/mol. The first kappa shape index (κ1) is 21.5. The summed E-state index contributed by atoms with van der Waals surface area (Å²) < 4.78 is 11.5. The minimum atomic E-state index is -0.443. The average Bonchev–Trinajstić information content (AvgIpc) is 2.65. The van der Waals surface area contributed by atoms with Gasteiger partial charge in [-0.3, -0.25) is 9.59 Å². The SMILES string of the molecule is CCOc1ccc(C(C)=O)cc1COc1ccc(N(C)C(=O)C(C)(C)C)cc1. The van der Waals surface area contributed by atoms with Crippen LogP contribution in [0, 0.1) is 5.41 Å². The van der Waals surface area contributed by atoms with Gasteiger partial charge in [0.1, 0.15) is 18.1 Å². The van der Waals surface area contributed by atoms with Gasteiger partial charge in [-0.15, -0.1) is 0 Å². The molecule has 0 saturated carbocycles. The molecule has 0 aliphatic heterocycles. The summed E-state index contributed by atoms with van der Waals surface area (Å²) in [6, 6.07) is 12.7. The lowest BCUT2D eigenvalue weighted by atomic mass is 9.95. The van der Waals surface area contributed by atoms with Crippen molar-refractivity contribution < 1.29 is 19.1 Å². The summed E-state index contributed by atoms with van der Waals surface area (Å²) in [6.45, 7) is 9.96. The molecule has 2 aromatic rings. The van der Waals surface area contributed by atoms with Crippen molar-refractivity contribution in [2.75, 3.05) is 18.6 Å². The third kappa shape index (κ3) is 5.35. The molecule has 0 aromatic heterocycles. The maximum absolute atomic E-state index is 12.4. The number of anilines is 1. The van der Waals surface area contributed by atoms with Crippen molar-refractivity contribution in [2.45, 2.75) is 41.2 Å². The van der Waals surface area contributed by atoms with Crippen molar-refractivity contribution in [3.63, 3.8) is 0 Å². The van der Waals surface area contributed by atoms with Gasteiger partial charge in [0.05, 0.1) is 6.61 Å². The second-order valence-electron chi connectivity index (χ2n) is 7.71. The maximum atomic E-state index is 12.4. The molecule has 0 bridgehead atoms. The number of hydrogen-bond acceptors (Lipinski definition) is 4. The molecule has 5 heteroatoms. The number of ketones is 1. The first-order valence-electron chi connectivity index (χ1n) is 9.41. The van der Waals surface area contributed by atoms with Crippen LogP contribution in [0.25, 0.3) is 0 Å². The van der Waals surface area contributed by atoms with E-state index >= 15 is 0 Å². The molecule has 2 rings (SSSR count). The van der Waals surface area contributed by atoms with Crippen LogP contribution in [0.15, 0.2) is 42.5 Å². The largest absolute Gasteiger partial charge is 0.493 e. The Morgan fingerprint density at radius 2 is 1.64 bits per heavy atom. The lowest BCUT2D eigenvalue weighted by Gasteiger charge is -2.26. The van der Waals surface area contributed by atoms with E-state index in [2.05, 4.69) is 0 Å². The molecule has 0 fully saturated rings. The molecule has 0 atom stereocenters. The topological polar surface area (TPSA) is 55.8 Å². The number of carbonyl (C=O) groups excluding carboxylic acids is 2. The van der Waals surface area contributed by atoms with Gasteiger partial charge < -0.3 is 14.4 Å². The number of Topliss-reactive ketones (excluding diaryl/α,β-unsaturated/α-hetero) is 1. The highest BCUT2D eigenvalue weighted by Crippen LogP contribution is 2.26. The van der Waals surface area contributed by atoms with Crippen molar-refractivity contribution in [1.29, 1.82) is 0 Å². The van der Waals surface area contributed by atoms with Crippen LogP contribution in [-0.4, -0.2) is 25.3 Å². The minimum absolute atomic E-state index is 0.000189. The molecule has 0 N–H and O–H groups in total. The quantitative estimate of drug-likeness (QED) is 0.640. The summed E-state index contributed by atoms with van der Waals surface area (Å²) in [5, 5.41) is 0. The number of amides is 1. The zero-order chi connectivity index (χ0) is 20.9. The van der Waals surface area contributed by atoms with E-state index in [1.807, 2.05) is 52.0 Å². The first-order valence-corrected chi connectivity index (χ1v) is 9.41. The Morgan fingerprint density at radius 1 is 1.00 bits per heavy atom. The fraction of sp³-hybridized carbons (Fsp3) is 0.391. The van der Waals surface area contributed by atoms with Crippen LogP contribution < -0.4 is 14.4 Å². The van der Waals surface area contributed by atoms with E-state index in [1.54, 1.807) is 30.1 Å². The number of hydrogen-bond donors (Lipinski definition) is 0. The molecule has 0 unspecified atom stereocenters. The maximum Gasteiger partial charge on any atom is 0.232 e. The van der Waals surface area contributed by atoms with Gasteiger partial charge >= 0.3 is 0 Å². The normalized spacial score (nSPS) is 11.1. The number of carbonyl (C=O) groups is 2. The van der Waals surface area contributed by atoms with Crippen molar-refractivity contribution in [3.05, 3.63) is 53.6 Å². The predicted octanol–water partition coefficient (Wildman–Crippen LogP) is 4.88.